The molecule has 1 aromatic heterocycles. The Morgan fingerprint density at radius 3 is 2.26 bits per heavy atom. The van der Waals surface area contributed by atoms with Gasteiger partial charge < -0.3 is 37.6 Å². The summed E-state index contributed by atoms with van der Waals surface area (Å²) in [6.07, 6.45) is 0.985. The van der Waals surface area contributed by atoms with Crippen molar-refractivity contribution in [3.63, 3.8) is 0 Å². The number of aryl methyl sites for hydroxylation is 1. The van der Waals surface area contributed by atoms with Gasteiger partial charge in [-0.15, -0.1) is 0 Å². The average Bonchev–Trinajstić information content (AvgIpc) is 2.83. The Balaban J connectivity index is 2.25. The monoisotopic (exact) mass is 543 g/mol. The quantitative estimate of drug-likeness (QED) is 0.0930. The molecule has 39 heavy (non-hydrogen) atoms. The summed E-state index contributed by atoms with van der Waals surface area (Å²) in [5.74, 6) is -1.54. The Morgan fingerprint density at radius 1 is 0.974 bits per heavy atom. The number of aliphatic imine (C=N–C) groups is 1. The lowest BCUT2D eigenvalue weighted by molar-refractivity contribution is -0.132. The van der Waals surface area contributed by atoms with Gasteiger partial charge in [-0.25, -0.2) is 4.79 Å². The molecule has 1 heterocycles. The molecule has 0 bridgehead atoms. The van der Waals surface area contributed by atoms with Gasteiger partial charge in [0.15, 0.2) is 5.96 Å². The van der Waals surface area contributed by atoms with Crippen molar-refractivity contribution in [3.05, 3.63) is 40.2 Å². The number of nitrogens with one attached hydrogen (secondary N) is 3. The first-order chi connectivity index (χ1) is 18.3. The molecule has 3 atom stereocenters. The summed E-state index contributed by atoms with van der Waals surface area (Å²) in [5, 5.41) is 9.01. The number of guanidine groups is 1. The van der Waals surface area contributed by atoms with Crippen LogP contribution in [-0.4, -0.2) is 48.4 Å². The third-order valence-corrected chi connectivity index (χ3v) is 6.16. The van der Waals surface area contributed by atoms with Crippen molar-refractivity contribution in [2.45, 2.75) is 72.0 Å². The fourth-order valence-corrected chi connectivity index (χ4v) is 3.95. The smallest absolute Gasteiger partial charge is 0.336 e. The fourth-order valence-electron chi connectivity index (χ4n) is 3.95. The van der Waals surface area contributed by atoms with E-state index in [-0.39, 0.29) is 30.8 Å². The normalized spacial score (nSPS) is 13.5. The topological polar surface area (TPSA) is 208 Å². The number of nitrogens with two attached hydrogens (primary N) is 3. The van der Waals surface area contributed by atoms with Gasteiger partial charge in [0, 0.05) is 29.8 Å². The molecule has 0 aliphatic rings. The number of anilines is 1. The van der Waals surface area contributed by atoms with Crippen molar-refractivity contribution < 1.29 is 18.8 Å². The van der Waals surface area contributed by atoms with Gasteiger partial charge in [0.2, 0.25) is 17.7 Å². The first kappa shape index (κ1) is 31.3. The number of carbonyl (C=O) groups excluding carboxylic acids is 3. The number of carbonyl (C=O) groups is 3. The predicted molar refractivity (Wildman–Crippen MR) is 152 cm³/mol. The highest BCUT2D eigenvalue weighted by Crippen LogP contribution is 2.21. The van der Waals surface area contributed by atoms with Crippen molar-refractivity contribution in [1.82, 2.24) is 10.6 Å². The molecule has 0 fully saturated rings. The van der Waals surface area contributed by atoms with Gasteiger partial charge in [0.1, 0.15) is 17.7 Å². The van der Waals surface area contributed by atoms with Gasteiger partial charge in [-0.2, -0.15) is 0 Å². The van der Waals surface area contributed by atoms with Crippen LogP contribution in [0, 0.1) is 18.8 Å². The molecule has 3 amide bonds. The standard InChI is InChI=1S/C27H41N7O5/c1-14(2)11-20(34-26(38)23(28)15(3)4)25(37)33-19(7-6-10-31-27(29)30)24(36)32-17-8-9-18-16(5)12-22(35)39-21(18)13-17/h8-9,12-15,19-20,23H,6-7,10-11,28H2,1-5H3,(H,32,36)(H,33,37)(H,34,38)(H4,29,30,31)/t19-,20-,23+/m0/s1. The predicted octanol–water partition coefficient (Wildman–Crippen LogP) is 1.09. The van der Waals surface area contributed by atoms with Crippen LogP contribution in [0.3, 0.4) is 0 Å². The third-order valence-electron chi connectivity index (χ3n) is 6.16. The van der Waals surface area contributed by atoms with Crippen LogP contribution >= 0.6 is 0 Å². The highest BCUT2D eigenvalue weighted by Gasteiger charge is 2.29. The van der Waals surface area contributed by atoms with Crippen LogP contribution in [0.2, 0.25) is 0 Å². The van der Waals surface area contributed by atoms with E-state index in [9.17, 15) is 19.2 Å². The Hall–Kier alpha value is -3.93. The van der Waals surface area contributed by atoms with Crippen LogP contribution < -0.4 is 38.8 Å². The molecule has 0 saturated heterocycles. The molecule has 1 aromatic carbocycles. The number of amides is 3. The minimum absolute atomic E-state index is 0.0748. The maximum atomic E-state index is 13.3. The van der Waals surface area contributed by atoms with Gasteiger partial charge in [-0.05, 0) is 55.7 Å². The molecule has 0 aliphatic carbocycles. The van der Waals surface area contributed by atoms with E-state index in [0.717, 1.165) is 10.9 Å². The van der Waals surface area contributed by atoms with E-state index in [4.69, 9.17) is 21.6 Å². The highest BCUT2D eigenvalue weighted by atomic mass is 16.4. The molecule has 9 N–H and O–H groups in total. The van der Waals surface area contributed by atoms with E-state index in [1.54, 1.807) is 25.1 Å². The van der Waals surface area contributed by atoms with Crippen LogP contribution in [-0.2, 0) is 14.4 Å². The van der Waals surface area contributed by atoms with Crippen LogP contribution in [0.5, 0.6) is 0 Å². The number of hydrogen-bond acceptors (Lipinski definition) is 7. The summed E-state index contributed by atoms with van der Waals surface area (Å²) < 4.78 is 5.27. The fraction of sp³-hybridized carbons (Fsp3) is 0.519. The Kier molecular flexibility index (Phi) is 11.5. The molecule has 2 aromatic rings. The summed E-state index contributed by atoms with van der Waals surface area (Å²) in [4.78, 5) is 54.9. The zero-order valence-corrected chi connectivity index (χ0v) is 23.2. The maximum absolute atomic E-state index is 13.3. The lowest BCUT2D eigenvalue weighted by Gasteiger charge is -2.26. The number of rotatable bonds is 13. The van der Waals surface area contributed by atoms with E-state index in [0.29, 0.717) is 24.1 Å². The first-order valence-electron chi connectivity index (χ1n) is 13.1. The van der Waals surface area contributed by atoms with Gasteiger partial charge >= 0.3 is 5.63 Å². The van der Waals surface area contributed by atoms with Crippen LogP contribution in [0.25, 0.3) is 11.0 Å². The van der Waals surface area contributed by atoms with E-state index in [1.807, 2.05) is 27.7 Å². The average molecular weight is 544 g/mol. The number of nitrogens with zero attached hydrogens (tertiary/aromatic N) is 1. The van der Waals surface area contributed by atoms with Crippen molar-refractivity contribution in [1.29, 1.82) is 0 Å². The Labute approximate surface area is 228 Å². The Morgan fingerprint density at radius 2 is 1.64 bits per heavy atom. The summed E-state index contributed by atoms with van der Waals surface area (Å²) in [6, 6.07) is 3.74. The van der Waals surface area contributed by atoms with Crippen molar-refractivity contribution in [2.75, 3.05) is 11.9 Å². The molecule has 0 radical (unpaired) electrons. The second-order valence-corrected chi connectivity index (χ2v) is 10.4. The molecule has 0 aliphatic heterocycles. The van der Waals surface area contributed by atoms with Crippen LogP contribution in [0.4, 0.5) is 5.69 Å². The largest absolute Gasteiger partial charge is 0.423 e. The molecular weight excluding hydrogens is 502 g/mol. The lowest BCUT2D eigenvalue weighted by Crippen LogP contribution is -2.56. The van der Waals surface area contributed by atoms with E-state index in [1.165, 1.54) is 6.07 Å². The number of fused-ring (bicyclic) bond motifs is 1. The molecule has 0 saturated carbocycles. The molecule has 214 valence electrons. The molecule has 0 spiro atoms. The number of hydrogen-bond donors (Lipinski definition) is 6. The molecular formula is C27H41N7O5. The van der Waals surface area contributed by atoms with Crippen LogP contribution in [0.1, 0.15) is 52.5 Å². The summed E-state index contributed by atoms with van der Waals surface area (Å²) >= 11 is 0. The van der Waals surface area contributed by atoms with Crippen molar-refractivity contribution in [2.24, 2.45) is 34.0 Å². The second-order valence-electron chi connectivity index (χ2n) is 10.4. The molecule has 0 unspecified atom stereocenters. The zero-order chi connectivity index (χ0) is 29.3. The van der Waals surface area contributed by atoms with E-state index >= 15 is 0 Å². The SMILES string of the molecule is Cc1cc(=O)oc2cc(NC(=O)[C@H](CCCN=C(N)N)NC(=O)[C@H](CC(C)C)NC(=O)[C@H](N)C(C)C)ccc12. The maximum Gasteiger partial charge on any atom is 0.336 e. The van der Waals surface area contributed by atoms with Gasteiger partial charge in [-0.3, -0.25) is 19.4 Å². The minimum atomic E-state index is -0.961. The van der Waals surface area contributed by atoms with E-state index in [2.05, 4.69) is 20.9 Å². The minimum Gasteiger partial charge on any atom is -0.423 e. The third kappa shape index (κ3) is 9.71. The summed E-state index contributed by atoms with van der Waals surface area (Å²) in [5.41, 5.74) is 17.7. The zero-order valence-electron chi connectivity index (χ0n) is 23.2. The Bertz CT molecular complexity index is 1250. The van der Waals surface area contributed by atoms with Crippen molar-refractivity contribution in [3.8, 4) is 0 Å². The summed E-state index contributed by atoms with van der Waals surface area (Å²) in [6.45, 7) is 9.54. The van der Waals surface area contributed by atoms with Gasteiger partial charge in [-0.1, -0.05) is 27.7 Å². The highest BCUT2D eigenvalue weighted by molar-refractivity contribution is 5.99. The first-order valence-corrected chi connectivity index (χ1v) is 13.1. The van der Waals surface area contributed by atoms with Gasteiger partial charge in [0.25, 0.3) is 0 Å². The number of benzene rings is 1. The molecule has 12 nitrogen and oxygen atoms in total. The van der Waals surface area contributed by atoms with E-state index < -0.39 is 41.5 Å². The van der Waals surface area contributed by atoms with Gasteiger partial charge in [0.05, 0.1) is 6.04 Å². The van der Waals surface area contributed by atoms with Crippen LogP contribution in [0.15, 0.2) is 38.5 Å². The molecule has 12 heteroatoms. The lowest BCUT2D eigenvalue weighted by atomic mass is 10.00. The summed E-state index contributed by atoms with van der Waals surface area (Å²) in [7, 11) is 0. The van der Waals surface area contributed by atoms with Crippen molar-refractivity contribution >= 4 is 40.3 Å². The molecule has 2 rings (SSSR count). The second kappa shape index (κ2) is 14.3.